The number of methoxy groups -OCH3 is 1. The van der Waals surface area contributed by atoms with Crippen molar-refractivity contribution in [3.63, 3.8) is 0 Å². The minimum atomic E-state index is -0.423. The van der Waals surface area contributed by atoms with Crippen molar-refractivity contribution in [2.45, 2.75) is 25.8 Å². The highest BCUT2D eigenvalue weighted by atomic mass is 16.6. The van der Waals surface area contributed by atoms with Crippen LogP contribution in [-0.2, 0) is 11.2 Å². The molecule has 2 aromatic rings. The molecule has 0 saturated heterocycles. The Morgan fingerprint density at radius 1 is 1.26 bits per heavy atom. The summed E-state index contributed by atoms with van der Waals surface area (Å²) >= 11 is 0. The Bertz CT molecular complexity index is 952. The van der Waals surface area contributed by atoms with Gasteiger partial charge in [0.2, 0.25) is 5.91 Å². The van der Waals surface area contributed by atoms with Gasteiger partial charge < -0.3 is 4.74 Å². The lowest BCUT2D eigenvalue weighted by molar-refractivity contribution is -0.384. The number of hydrogen-bond donors (Lipinski definition) is 0. The van der Waals surface area contributed by atoms with Gasteiger partial charge in [-0.15, -0.1) is 0 Å². The third kappa shape index (κ3) is 2.85. The van der Waals surface area contributed by atoms with Crippen LogP contribution < -0.4 is 4.74 Å². The summed E-state index contributed by atoms with van der Waals surface area (Å²) < 4.78 is 5.31. The van der Waals surface area contributed by atoms with Crippen LogP contribution in [0.25, 0.3) is 0 Å². The second-order valence-electron chi connectivity index (χ2n) is 6.81. The molecule has 2 atom stereocenters. The smallest absolute Gasteiger partial charge is 0.269 e. The molecule has 0 fully saturated rings. The van der Waals surface area contributed by atoms with E-state index in [1.165, 1.54) is 24.1 Å². The number of amides is 1. The highest BCUT2D eigenvalue weighted by Gasteiger charge is 2.43. The van der Waals surface area contributed by atoms with Crippen molar-refractivity contribution in [1.29, 1.82) is 0 Å². The molecular weight excluding hydrogens is 346 g/mol. The molecule has 1 amide bonds. The first-order valence-corrected chi connectivity index (χ1v) is 8.79. The van der Waals surface area contributed by atoms with Crippen LogP contribution in [0.5, 0.6) is 5.75 Å². The molecule has 0 N–H and O–H groups in total. The molecule has 0 aromatic heterocycles. The van der Waals surface area contributed by atoms with Gasteiger partial charge in [-0.05, 0) is 42.2 Å². The van der Waals surface area contributed by atoms with Gasteiger partial charge in [-0.25, -0.2) is 5.01 Å². The monoisotopic (exact) mass is 365 g/mol. The zero-order chi connectivity index (χ0) is 19.1. The van der Waals surface area contributed by atoms with E-state index >= 15 is 0 Å². The molecule has 2 aromatic carbocycles. The zero-order valence-electron chi connectivity index (χ0n) is 15.1. The van der Waals surface area contributed by atoms with E-state index in [1.54, 1.807) is 19.2 Å². The van der Waals surface area contributed by atoms with Gasteiger partial charge in [0.05, 0.1) is 23.8 Å². The van der Waals surface area contributed by atoms with E-state index in [1.807, 2.05) is 18.2 Å². The van der Waals surface area contributed by atoms with Crippen LogP contribution in [0.2, 0.25) is 0 Å². The number of non-ortho nitro benzene ring substituents is 1. The molecule has 138 valence electrons. The fourth-order valence-electron chi connectivity index (χ4n) is 4.02. The van der Waals surface area contributed by atoms with Gasteiger partial charge in [0.1, 0.15) is 5.75 Å². The van der Waals surface area contributed by atoms with Crippen molar-refractivity contribution in [3.8, 4) is 5.75 Å². The second kappa shape index (κ2) is 6.50. The third-order valence-corrected chi connectivity index (χ3v) is 5.29. The molecule has 0 saturated carbocycles. The average Bonchev–Trinajstić information content (AvgIpc) is 3.07. The number of nitrogens with zero attached hydrogens (tertiary/aromatic N) is 3. The molecule has 0 bridgehead atoms. The Kier molecular flexibility index (Phi) is 4.14. The SMILES string of the molecule is COc1ccc2c(c1)CC[C@H]1C2=NN(C(C)=O)[C@@H]1c1ccc([N+](=O)[O-])cc1. The van der Waals surface area contributed by atoms with Gasteiger partial charge in [-0.3, -0.25) is 14.9 Å². The van der Waals surface area contributed by atoms with Crippen molar-refractivity contribution >= 4 is 17.3 Å². The Hall–Kier alpha value is -3.22. The van der Waals surface area contributed by atoms with E-state index in [-0.39, 0.29) is 23.6 Å². The number of benzene rings is 2. The number of carbonyl (C=O) groups excluding carboxylic acids is 1. The Labute approximate surface area is 156 Å². The lowest BCUT2D eigenvalue weighted by Gasteiger charge is -2.29. The molecule has 4 rings (SSSR count). The fraction of sp³-hybridized carbons (Fsp3) is 0.300. The summed E-state index contributed by atoms with van der Waals surface area (Å²) in [7, 11) is 1.64. The first kappa shape index (κ1) is 17.2. The van der Waals surface area contributed by atoms with Gasteiger partial charge in [0.25, 0.3) is 5.69 Å². The summed E-state index contributed by atoms with van der Waals surface area (Å²) in [6, 6.07) is 12.1. The Morgan fingerprint density at radius 2 is 2.00 bits per heavy atom. The van der Waals surface area contributed by atoms with E-state index in [2.05, 4.69) is 5.10 Å². The van der Waals surface area contributed by atoms with Gasteiger partial charge in [-0.2, -0.15) is 5.10 Å². The molecule has 1 aliphatic heterocycles. The quantitative estimate of drug-likeness (QED) is 0.616. The predicted molar refractivity (Wildman–Crippen MR) is 99.7 cm³/mol. The van der Waals surface area contributed by atoms with Crippen LogP contribution in [0.4, 0.5) is 5.69 Å². The van der Waals surface area contributed by atoms with Gasteiger partial charge in [0.15, 0.2) is 0 Å². The number of nitro groups is 1. The molecule has 27 heavy (non-hydrogen) atoms. The van der Waals surface area contributed by atoms with E-state index in [9.17, 15) is 14.9 Å². The van der Waals surface area contributed by atoms with Crippen LogP contribution in [0.3, 0.4) is 0 Å². The second-order valence-corrected chi connectivity index (χ2v) is 6.81. The van der Waals surface area contributed by atoms with Crippen molar-refractivity contribution in [1.82, 2.24) is 5.01 Å². The third-order valence-electron chi connectivity index (χ3n) is 5.29. The summed E-state index contributed by atoms with van der Waals surface area (Å²) in [4.78, 5) is 22.8. The summed E-state index contributed by atoms with van der Waals surface area (Å²) in [5.41, 5.74) is 4.00. The number of rotatable bonds is 3. The number of ether oxygens (including phenoxy) is 1. The molecule has 7 nitrogen and oxygen atoms in total. The normalized spacial score (nSPS) is 20.5. The zero-order valence-corrected chi connectivity index (χ0v) is 15.1. The molecule has 2 aliphatic rings. The molecule has 1 heterocycles. The highest BCUT2D eigenvalue weighted by Crippen LogP contribution is 2.44. The van der Waals surface area contributed by atoms with Gasteiger partial charge in [-0.1, -0.05) is 12.1 Å². The topological polar surface area (TPSA) is 85.0 Å². The lowest BCUT2D eigenvalue weighted by atomic mass is 9.77. The molecular formula is C20H19N3O4. The van der Waals surface area contributed by atoms with Gasteiger partial charge >= 0.3 is 0 Å². The van der Waals surface area contributed by atoms with Crippen molar-refractivity contribution in [2.75, 3.05) is 7.11 Å². The molecule has 1 aliphatic carbocycles. The number of hydrogen-bond acceptors (Lipinski definition) is 5. The summed E-state index contributed by atoms with van der Waals surface area (Å²) in [6.45, 7) is 1.49. The van der Waals surface area contributed by atoms with E-state index in [0.717, 1.165) is 41.0 Å². The number of hydrazone groups is 1. The Morgan fingerprint density at radius 3 is 2.63 bits per heavy atom. The Balaban J connectivity index is 1.74. The molecule has 0 unspecified atom stereocenters. The summed E-state index contributed by atoms with van der Waals surface area (Å²) in [5, 5.41) is 17.1. The average molecular weight is 365 g/mol. The van der Waals surface area contributed by atoms with Crippen molar-refractivity contribution < 1.29 is 14.5 Å². The van der Waals surface area contributed by atoms with Crippen molar-refractivity contribution in [3.05, 3.63) is 69.3 Å². The fourth-order valence-corrected chi connectivity index (χ4v) is 4.02. The lowest BCUT2D eigenvalue weighted by Crippen LogP contribution is -2.31. The van der Waals surface area contributed by atoms with Crippen LogP contribution in [0.15, 0.2) is 47.6 Å². The maximum Gasteiger partial charge on any atom is 0.269 e. The maximum absolute atomic E-state index is 12.3. The first-order valence-electron chi connectivity index (χ1n) is 8.79. The highest BCUT2D eigenvalue weighted by molar-refractivity contribution is 6.06. The van der Waals surface area contributed by atoms with E-state index in [0.29, 0.717) is 0 Å². The predicted octanol–water partition coefficient (Wildman–Crippen LogP) is 3.47. The number of aryl methyl sites for hydroxylation is 1. The van der Waals surface area contributed by atoms with E-state index in [4.69, 9.17) is 4.74 Å². The minimum absolute atomic E-state index is 0.0355. The van der Waals surface area contributed by atoms with Crippen LogP contribution >= 0.6 is 0 Å². The number of nitro benzene ring substituents is 1. The number of carbonyl (C=O) groups is 1. The number of fused-ring (bicyclic) bond motifs is 3. The molecule has 0 spiro atoms. The van der Waals surface area contributed by atoms with E-state index < -0.39 is 4.92 Å². The van der Waals surface area contributed by atoms with Crippen LogP contribution in [-0.4, -0.2) is 28.7 Å². The van der Waals surface area contributed by atoms with Crippen LogP contribution in [0.1, 0.15) is 36.1 Å². The molecule has 7 heteroatoms. The summed E-state index contributed by atoms with van der Waals surface area (Å²) in [6.07, 6.45) is 1.72. The van der Waals surface area contributed by atoms with Crippen molar-refractivity contribution in [2.24, 2.45) is 11.0 Å². The standard InChI is InChI=1S/C20H19N3O4/c1-12(24)22-20(13-3-6-15(7-4-13)23(25)26)18-9-5-14-11-16(27-2)8-10-17(14)19(18)21-22/h3-4,6-8,10-11,18,20H,5,9H2,1-2H3/t18-,20+/m0/s1. The largest absolute Gasteiger partial charge is 0.497 e. The first-order chi connectivity index (χ1) is 13.0. The maximum atomic E-state index is 12.3. The summed E-state index contributed by atoms with van der Waals surface area (Å²) in [5.74, 6) is 0.729. The van der Waals surface area contributed by atoms with Gasteiger partial charge in [0, 0.05) is 30.5 Å². The molecule has 0 radical (unpaired) electrons. The van der Waals surface area contributed by atoms with Crippen LogP contribution in [0, 0.1) is 16.0 Å². The minimum Gasteiger partial charge on any atom is -0.497 e.